The number of hydrogen-bond acceptors (Lipinski definition) is 5. The van der Waals surface area contributed by atoms with Crippen LogP contribution in [0.2, 0.25) is 0 Å². The molecular weight excluding hydrogens is 306 g/mol. The Kier molecular flexibility index (Phi) is 4.72. The molecule has 1 aliphatic heterocycles. The first kappa shape index (κ1) is 16.7. The summed E-state index contributed by atoms with van der Waals surface area (Å²) in [7, 11) is -0.0909. The van der Waals surface area contributed by atoms with Gasteiger partial charge in [0.2, 0.25) is 10.0 Å². The van der Waals surface area contributed by atoms with Crippen molar-refractivity contribution < 1.29 is 18.3 Å². The first-order valence-corrected chi connectivity index (χ1v) is 8.55. The third-order valence-corrected chi connectivity index (χ3v) is 5.92. The molecule has 22 heavy (non-hydrogen) atoms. The van der Waals surface area contributed by atoms with E-state index in [1.165, 1.54) is 16.6 Å². The fraction of sp³-hybridized carbons (Fsp3) is 0.571. The van der Waals surface area contributed by atoms with Crippen molar-refractivity contribution in [2.24, 2.45) is 5.92 Å². The van der Waals surface area contributed by atoms with Crippen LogP contribution in [0.3, 0.4) is 0 Å². The lowest BCUT2D eigenvalue weighted by Crippen LogP contribution is -2.47. The van der Waals surface area contributed by atoms with E-state index in [-0.39, 0.29) is 17.5 Å². The summed E-state index contributed by atoms with van der Waals surface area (Å²) in [6.07, 6.45) is 2.36. The molecule has 7 nitrogen and oxygen atoms in total. The van der Waals surface area contributed by atoms with Crippen molar-refractivity contribution in [3.8, 4) is 0 Å². The summed E-state index contributed by atoms with van der Waals surface area (Å²) in [6, 6.07) is 2.93. The van der Waals surface area contributed by atoms with Crippen LogP contribution in [-0.2, 0) is 14.8 Å². The molecule has 8 heteroatoms. The molecule has 1 aromatic heterocycles. The van der Waals surface area contributed by atoms with Crippen molar-refractivity contribution in [3.63, 3.8) is 0 Å². The molecule has 1 saturated heterocycles. The van der Waals surface area contributed by atoms with Gasteiger partial charge >= 0.3 is 5.97 Å². The molecule has 2 unspecified atom stereocenters. The van der Waals surface area contributed by atoms with Gasteiger partial charge in [-0.2, -0.15) is 4.31 Å². The summed E-state index contributed by atoms with van der Waals surface area (Å²) in [5.74, 6) is -0.942. The van der Waals surface area contributed by atoms with Gasteiger partial charge in [0.25, 0.3) is 0 Å². The van der Waals surface area contributed by atoms with E-state index >= 15 is 0 Å². The maximum Gasteiger partial charge on any atom is 0.307 e. The van der Waals surface area contributed by atoms with Crippen molar-refractivity contribution in [1.29, 1.82) is 0 Å². The first-order chi connectivity index (χ1) is 10.2. The molecule has 0 spiro atoms. The second-order valence-electron chi connectivity index (χ2n) is 5.78. The first-order valence-electron chi connectivity index (χ1n) is 7.11. The fourth-order valence-electron chi connectivity index (χ4n) is 2.54. The molecule has 0 amide bonds. The molecule has 0 aliphatic carbocycles. The molecule has 1 aliphatic rings. The minimum absolute atomic E-state index is 0.00820. The van der Waals surface area contributed by atoms with Gasteiger partial charge < -0.3 is 10.0 Å². The number of rotatable bonds is 4. The molecule has 2 rings (SSSR count). The third-order valence-electron chi connectivity index (χ3n) is 3.96. The van der Waals surface area contributed by atoms with E-state index < -0.39 is 21.9 Å². The summed E-state index contributed by atoms with van der Waals surface area (Å²) in [5.41, 5.74) is 0. The molecule has 2 heterocycles. The highest BCUT2D eigenvalue weighted by Gasteiger charge is 2.37. The number of pyridine rings is 1. The number of aromatic nitrogens is 1. The Morgan fingerprint density at radius 2 is 2.05 bits per heavy atom. The SMILES string of the molecule is CC1CCC(C(=O)O)CN1S(=O)(=O)c1ccc(N(C)C)nc1. The Hall–Kier alpha value is -1.67. The summed E-state index contributed by atoms with van der Waals surface area (Å²) in [6.45, 7) is 1.81. The van der Waals surface area contributed by atoms with Crippen molar-refractivity contribution in [2.45, 2.75) is 30.7 Å². The van der Waals surface area contributed by atoms with E-state index in [4.69, 9.17) is 5.11 Å². The van der Waals surface area contributed by atoms with Crippen LogP contribution in [0, 0.1) is 5.92 Å². The minimum Gasteiger partial charge on any atom is -0.481 e. The molecule has 0 saturated carbocycles. The standard InChI is InChI=1S/C14H21N3O4S/c1-10-4-5-11(14(18)19)9-17(10)22(20,21)12-6-7-13(15-8-12)16(2)3/h6-8,10-11H,4-5,9H2,1-3H3,(H,18,19). The van der Waals surface area contributed by atoms with Gasteiger partial charge in [-0.1, -0.05) is 0 Å². The van der Waals surface area contributed by atoms with Gasteiger partial charge in [0.15, 0.2) is 0 Å². The molecular formula is C14H21N3O4S. The average Bonchev–Trinajstić information content (AvgIpc) is 2.47. The van der Waals surface area contributed by atoms with Gasteiger partial charge in [-0.25, -0.2) is 13.4 Å². The lowest BCUT2D eigenvalue weighted by atomic mass is 9.96. The minimum atomic E-state index is -3.73. The smallest absolute Gasteiger partial charge is 0.307 e. The van der Waals surface area contributed by atoms with Gasteiger partial charge in [-0.05, 0) is 31.9 Å². The Morgan fingerprint density at radius 3 is 2.55 bits per heavy atom. The summed E-state index contributed by atoms with van der Waals surface area (Å²) < 4.78 is 26.7. The topological polar surface area (TPSA) is 90.8 Å². The van der Waals surface area contributed by atoms with Crippen LogP contribution in [0.25, 0.3) is 0 Å². The lowest BCUT2D eigenvalue weighted by Gasteiger charge is -2.35. The van der Waals surface area contributed by atoms with E-state index in [9.17, 15) is 13.2 Å². The molecule has 0 bridgehead atoms. The lowest BCUT2D eigenvalue weighted by molar-refractivity contribution is -0.143. The number of aliphatic carboxylic acids is 1. The number of nitrogens with zero attached hydrogens (tertiary/aromatic N) is 3. The fourth-order valence-corrected chi connectivity index (χ4v) is 4.19. The Morgan fingerprint density at radius 1 is 1.36 bits per heavy atom. The Balaban J connectivity index is 2.29. The largest absolute Gasteiger partial charge is 0.481 e. The van der Waals surface area contributed by atoms with Gasteiger partial charge in [0, 0.05) is 32.9 Å². The Labute approximate surface area is 130 Å². The zero-order valence-electron chi connectivity index (χ0n) is 12.9. The highest BCUT2D eigenvalue weighted by atomic mass is 32.2. The highest BCUT2D eigenvalue weighted by molar-refractivity contribution is 7.89. The molecule has 2 atom stereocenters. The zero-order valence-corrected chi connectivity index (χ0v) is 13.7. The molecule has 0 radical (unpaired) electrons. The molecule has 122 valence electrons. The van der Waals surface area contributed by atoms with Crippen LogP contribution in [-0.4, -0.2) is 55.5 Å². The van der Waals surface area contributed by atoms with Gasteiger partial charge in [0.1, 0.15) is 10.7 Å². The molecule has 1 N–H and O–H groups in total. The van der Waals surface area contributed by atoms with E-state index in [1.807, 2.05) is 14.1 Å². The van der Waals surface area contributed by atoms with Crippen LogP contribution in [0.1, 0.15) is 19.8 Å². The van der Waals surface area contributed by atoms with Crippen LogP contribution >= 0.6 is 0 Å². The van der Waals surface area contributed by atoms with Crippen LogP contribution in [0.4, 0.5) is 5.82 Å². The predicted octanol–water partition coefficient (Wildman–Crippen LogP) is 1.02. The quantitative estimate of drug-likeness (QED) is 0.888. The van der Waals surface area contributed by atoms with Crippen LogP contribution in [0.5, 0.6) is 0 Å². The van der Waals surface area contributed by atoms with Crippen molar-refractivity contribution in [2.75, 3.05) is 25.5 Å². The predicted molar refractivity (Wildman–Crippen MR) is 82.3 cm³/mol. The van der Waals surface area contributed by atoms with Gasteiger partial charge in [-0.15, -0.1) is 0 Å². The Bertz CT molecular complexity index is 643. The normalized spacial score (nSPS) is 23.2. The van der Waals surface area contributed by atoms with E-state index in [1.54, 1.807) is 17.9 Å². The average molecular weight is 327 g/mol. The number of carboxylic acids is 1. The monoisotopic (exact) mass is 327 g/mol. The van der Waals surface area contributed by atoms with Crippen molar-refractivity contribution in [1.82, 2.24) is 9.29 Å². The van der Waals surface area contributed by atoms with Gasteiger partial charge in [0.05, 0.1) is 5.92 Å². The number of carbonyl (C=O) groups is 1. The second kappa shape index (κ2) is 6.21. The summed E-state index contributed by atoms with van der Waals surface area (Å²) in [4.78, 5) is 17.1. The summed E-state index contributed by atoms with van der Waals surface area (Å²) >= 11 is 0. The van der Waals surface area contributed by atoms with Crippen molar-refractivity contribution >= 4 is 21.8 Å². The third kappa shape index (κ3) is 3.22. The van der Waals surface area contributed by atoms with E-state index in [0.717, 1.165) is 0 Å². The number of hydrogen-bond donors (Lipinski definition) is 1. The van der Waals surface area contributed by atoms with Crippen LogP contribution in [0.15, 0.2) is 23.2 Å². The van der Waals surface area contributed by atoms with E-state index in [0.29, 0.717) is 18.7 Å². The zero-order chi connectivity index (χ0) is 16.5. The highest BCUT2D eigenvalue weighted by Crippen LogP contribution is 2.28. The number of anilines is 1. The van der Waals surface area contributed by atoms with E-state index in [2.05, 4.69) is 4.98 Å². The second-order valence-corrected chi connectivity index (χ2v) is 7.67. The molecule has 1 fully saturated rings. The number of sulfonamides is 1. The van der Waals surface area contributed by atoms with Gasteiger partial charge in [-0.3, -0.25) is 4.79 Å². The number of piperidine rings is 1. The van der Waals surface area contributed by atoms with Crippen LogP contribution < -0.4 is 4.90 Å². The number of carboxylic acid groups (broad SMARTS) is 1. The van der Waals surface area contributed by atoms with Crippen molar-refractivity contribution in [3.05, 3.63) is 18.3 Å². The summed E-state index contributed by atoms with van der Waals surface area (Å²) in [5, 5.41) is 9.14. The molecule has 1 aromatic rings. The maximum atomic E-state index is 12.7. The molecule has 0 aromatic carbocycles. The maximum absolute atomic E-state index is 12.7.